The molecule has 55 heavy (non-hydrogen) atoms. The van der Waals surface area contributed by atoms with Crippen LogP contribution in [-0.4, -0.2) is 85.4 Å². The molecule has 0 spiro atoms. The highest BCUT2D eigenvalue weighted by Crippen LogP contribution is 2.27. The Morgan fingerprint density at radius 1 is 0.818 bits per heavy atom. The van der Waals surface area contributed by atoms with E-state index in [0.29, 0.717) is 46.6 Å². The number of benzene rings is 1. The van der Waals surface area contributed by atoms with Crippen molar-refractivity contribution >= 4 is 29.5 Å². The molecule has 7 rings (SSSR count). The van der Waals surface area contributed by atoms with E-state index >= 15 is 0 Å². The van der Waals surface area contributed by atoms with Crippen LogP contribution in [0.15, 0.2) is 73.1 Å². The molecule has 0 aliphatic heterocycles. The van der Waals surface area contributed by atoms with Crippen molar-refractivity contribution in [1.29, 1.82) is 0 Å². The van der Waals surface area contributed by atoms with Crippen molar-refractivity contribution in [3.63, 3.8) is 0 Å². The van der Waals surface area contributed by atoms with E-state index in [9.17, 15) is 22.8 Å². The Labute approximate surface area is 309 Å². The molecule has 6 heterocycles. The zero-order valence-corrected chi connectivity index (χ0v) is 29.3. The summed E-state index contributed by atoms with van der Waals surface area (Å²) in [6.45, 7) is 3.33. The van der Waals surface area contributed by atoms with E-state index < -0.39 is 17.9 Å². The number of rotatable bonds is 11. The summed E-state index contributed by atoms with van der Waals surface area (Å²) in [5, 5.41) is 21.8. The quantitative estimate of drug-likeness (QED) is 0.146. The topological polar surface area (TPSA) is 229 Å². The number of aromatic nitrogens is 12. The van der Waals surface area contributed by atoms with Crippen LogP contribution in [0.5, 0.6) is 5.75 Å². The molecule has 2 amide bonds. The maximum Gasteiger partial charge on any atom is 0.453 e. The number of nitrogens with zero attached hydrogens (tertiary/aromatic N) is 10. The van der Waals surface area contributed by atoms with Gasteiger partial charge in [0.25, 0.3) is 17.5 Å². The summed E-state index contributed by atoms with van der Waals surface area (Å²) in [6, 6.07) is 18.2. The number of aryl methyl sites for hydroxylation is 2. The number of ether oxygens (including phenoxy) is 2. The van der Waals surface area contributed by atoms with Crippen LogP contribution < -0.4 is 15.4 Å². The molecule has 7 aromatic rings. The van der Waals surface area contributed by atoms with Gasteiger partial charge in [-0.2, -0.15) is 28.1 Å². The number of aromatic amines is 2. The SMILES string of the molecule is COc1cccc(COCC(=O)Nc2n[nH]c(-c3ccccn3)n2)c1.Cc1nc2nc(C(F)(F)F)nn2c(C)c1CC(=O)Nc1n[nH]c(-c2ccccn2)n1. The number of alkyl halides is 3. The zero-order valence-electron chi connectivity index (χ0n) is 29.3. The first kappa shape index (κ1) is 37.6. The monoisotopic (exact) mass is 756 g/mol. The number of carbonyl (C=O) groups excluding carboxylic acids is 2. The van der Waals surface area contributed by atoms with Gasteiger partial charge in [-0.05, 0) is 55.8 Å². The number of carbonyl (C=O) groups is 2. The van der Waals surface area contributed by atoms with Crippen LogP contribution in [-0.2, 0) is 33.5 Å². The van der Waals surface area contributed by atoms with Crippen molar-refractivity contribution in [3.05, 3.63) is 101 Å². The molecule has 4 N–H and O–H groups in total. The molecular formula is C34H31F3N14O4. The van der Waals surface area contributed by atoms with Gasteiger partial charge in [-0.3, -0.25) is 40.4 Å². The van der Waals surface area contributed by atoms with Crippen molar-refractivity contribution < 1.29 is 32.2 Å². The highest BCUT2D eigenvalue weighted by molar-refractivity contribution is 5.91. The van der Waals surface area contributed by atoms with E-state index in [1.807, 2.05) is 36.4 Å². The number of pyridine rings is 2. The number of nitrogens with one attached hydrogen (secondary N) is 4. The molecule has 6 aromatic heterocycles. The molecule has 0 saturated carbocycles. The molecule has 0 aliphatic carbocycles. The Bertz CT molecular complexity index is 2400. The fraction of sp³-hybridized carbons (Fsp3) is 0.206. The lowest BCUT2D eigenvalue weighted by Gasteiger charge is -2.09. The third-order valence-electron chi connectivity index (χ3n) is 7.56. The van der Waals surface area contributed by atoms with Gasteiger partial charge in [0.1, 0.15) is 23.7 Å². The Hall–Kier alpha value is -7.16. The van der Waals surface area contributed by atoms with Gasteiger partial charge in [-0.1, -0.05) is 24.3 Å². The van der Waals surface area contributed by atoms with E-state index in [1.54, 1.807) is 57.6 Å². The molecule has 0 aliphatic rings. The lowest BCUT2D eigenvalue weighted by atomic mass is 10.1. The first-order valence-electron chi connectivity index (χ1n) is 16.2. The van der Waals surface area contributed by atoms with Crippen molar-refractivity contribution in [3.8, 4) is 28.8 Å². The second kappa shape index (κ2) is 16.7. The number of hydrogen-bond donors (Lipinski definition) is 4. The second-order valence-electron chi connectivity index (χ2n) is 11.5. The van der Waals surface area contributed by atoms with Crippen molar-refractivity contribution in [1.82, 2.24) is 59.9 Å². The Morgan fingerprint density at radius 2 is 1.45 bits per heavy atom. The molecular weight excluding hydrogens is 725 g/mol. The molecule has 0 atom stereocenters. The third kappa shape index (κ3) is 9.64. The zero-order chi connectivity index (χ0) is 39.0. The molecule has 0 bridgehead atoms. The number of hydrogen-bond acceptors (Lipinski definition) is 13. The highest BCUT2D eigenvalue weighted by atomic mass is 19.4. The van der Waals surface area contributed by atoms with Crippen LogP contribution in [0.3, 0.4) is 0 Å². The van der Waals surface area contributed by atoms with Crippen LogP contribution in [0.25, 0.3) is 28.8 Å². The van der Waals surface area contributed by atoms with Gasteiger partial charge in [0.05, 0.1) is 20.1 Å². The molecule has 0 saturated heterocycles. The average Bonchev–Trinajstić information content (AvgIpc) is 3.95. The molecule has 21 heteroatoms. The van der Waals surface area contributed by atoms with Gasteiger partial charge in [-0.15, -0.1) is 15.3 Å². The fourth-order valence-electron chi connectivity index (χ4n) is 4.97. The van der Waals surface area contributed by atoms with Gasteiger partial charge in [0, 0.05) is 29.3 Å². The maximum atomic E-state index is 12.9. The predicted octanol–water partition coefficient (Wildman–Crippen LogP) is 4.15. The lowest BCUT2D eigenvalue weighted by molar-refractivity contribution is -0.144. The van der Waals surface area contributed by atoms with Crippen molar-refractivity contribution in [2.75, 3.05) is 24.4 Å². The summed E-state index contributed by atoms with van der Waals surface area (Å²) < 4.78 is 50.2. The maximum absolute atomic E-state index is 12.9. The van der Waals surface area contributed by atoms with E-state index in [2.05, 4.69) is 66.0 Å². The minimum atomic E-state index is -4.69. The summed E-state index contributed by atoms with van der Waals surface area (Å²) in [5.74, 6) is -0.456. The van der Waals surface area contributed by atoms with Crippen LogP contribution in [0.1, 0.15) is 28.3 Å². The summed E-state index contributed by atoms with van der Waals surface area (Å²) in [5.41, 5.74) is 3.25. The molecule has 0 radical (unpaired) electrons. The van der Waals surface area contributed by atoms with Crippen LogP contribution in [0, 0.1) is 13.8 Å². The van der Waals surface area contributed by atoms with E-state index in [1.165, 1.54) is 0 Å². The largest absolute Gasteiger partial charge is 0.497 e. The summed E-state index contributed by atoms with van der Waals surface area (Å²) in [4.78, 5) is 48.4. The number of methoxy groups -OCH3 is 1. The number of fused-ring (bicyclic) bond motifs is 1. The van der Waals surface area contributed by atoms with E-state index in [4.69, 9.17) is 9.47 Å². The van der Waals surface area contributed by atoms with E-state index in [0.717, 1.165) is 15.8 Å². The second-order valence-corrected chi connectivity index (χ2v) is 11.5. The van der Waals surface area contributed by atoms with Crippen LogP contribution in [0.2, 0.25) is 0 Å². The van der Waals surface area contributed by atoms with Gasteiger partial charge >= 0.3 is 6.18 Å². The smallest absolute Gasteiger partial charge is 0.453 e. The summed E-state index contributed by atoms with van der Waals surface area (Å²) >= 11 is 0. The Morgan fingerprint density at radius 3 is 2.04 bits per heavy atom. The predicted molar refractivity (Wildman–Crippen MR) is 188 cm³/mol. The van der Waals surface area contributed by atoms with Crippen molar-refractivity contribution in [2.45, 2.75) is 33.1 Å². The summed E-state index contributed by atoms with van der Waals surface area (Å²) in [7, 11) is 1.60. The van der Waals surface area contributed by atoms with Gasteiger partial charge < -0.3 is 9.47 Å². The Balaban J connectivity index is 0.000000190. The standard InChI is InChI=1S/C17H14F3N9O.C17H17N5O3/c1-8-10(9(2)29-16(22-8)25-14(28-29)17(18,19)20)7-12(30)23-15-24-13(26-27-15)11-5-3-4-6-21-11;1-24-13-6-4-5-12(9-13)10-25-11-15(23)19-17-20-16(21-22-17)14-7-2-3-8-18-14/h3-6H,7H2,1-2H3,(H2,23,24,26,27,30);2-9H,10-11H2,1H3,(H2,19,20,21,22,23). The van der Waals surface area contributed by atoms with Gasteiger partial charge in [-0.25, -0.2) is 9.50 Å². The average molecular weight is 757 g/mol. The fourth-order valence-corrected chi connectivity index (χ4v) is 4.97. The third-order valence-corrected chi connectivity index (χ3v) is 7.56. The Kier molecular flexibility index (Phi) is 11.4. The van der Waals surface area contributed by atoms with Gasteiger partial charge in [0.15, 0.2) is 11.6 Å². The lowest BCUT2D eigenvalue weighted by Crippen LogP contribution is -2.19. The van der Waals surface area contributed by atoms with Crippen LogP contribution >= 0.6 is 0 Å². The first-order chi connectivity index (χ1) is 26.5. The molecule has 0 fully saturated rings. The summed E-state index contributed by atoms with van der Waals surface area (Å²) in [6.07, 6.45) is -1.60. The molecule has 0 unspecified atom stereocenters. The minimum Gasteiger partial charge on any atom is -0.497 e. The number of H-pyrrole nitrogens is 2. The van der Waals surface area contributed by atoms with Crippen LogP contribution in [0.4, 0.5) is 25.1 Å². The first-order valence-corrected chi connectivity index (χ1v) is 16.2. The highest BCUT2D eigenvalue weighted by Gasteiger charge is 2.37. The van der Waals surface area contributed by atoms with Crippen molar-refractivity contribution in [2.24, 2.45) is 0 Å². The molecule has 1 aromatic carbocycles. The number of anilines is 2. The number of amides is 2. The number of halogens is 3. The minimum absolute atomic E-state index is 0.0464. The molecule has 282 valence electrons. The van der Waals surface area contributed by atoms with Gasteiger partial charge in [0.2, 0.25) is 17.8 Å². The van der Waals surface area contributed by atoms with E-state index in [-0.39, 0.29) is 36.6 Å². The normalized spacial score (nSPS) is 11.2. The molecule has 18 nitrogen and oxygen atoms in total.